The summed E-state index contributed by atoms with van der Waals surface area (Å²) in [5, 5.41) is 2.71. The maximum Gasteiger partial charge on any atom is 0.248 e. The van der Waals surface area contributed by atoms with Gasteiger partial charge in [0.25, 0.3) is 0 Å². The summed E-state index contributed by atoms with van der Waals surface area (Å²) in [6.07, 6.45) is 0. The van der Waals surface area contributed by atoms with Crippen molar-refractivity contribution in [2.75, 3.05) is 45.2 Å². The number of anilines is 1. The van der Waals surface area contributed by atoms with Gasteiger partial charge in [-0.1, -0.05) is 6.07 Å². The molecule has 0 radical (unpaired) electrons. The highest BCUT2D eigenvalue weighted by atomic mass is 19.1. The SMILES string of the molecule is COCC(=O)N1CCN(C(C)C(=O)Nc2cccc(F)c2)CC1. The van der Waals surface area contributed by atoms with Gasteiger partial charge in [0.15, 0.2) is 0 Å². The number of methoxy groups -OCH3 is 1. The van der Waals surface area contributed by atoms with Crippen molar-refractivity contribution in [2.24, 2.45) is 0 Å². The number of ether oxygens (including phenoxy) is 1. The molecule has 1 atom stereocenters. The van der Waals surface area contributed by atoms with Crippen molar-refractivity contribution in [3.8, 4) is 0 Å². The minimum absolute atomic E-state index is 0.0379. The molecule has 2 amide bonds. The van der Waals surface area contributed by atoms with Crippen LogP contribution in [0.4, 0.5) is 10.1 Å². The molecule has 126 valence electrons. The summed E-state index contributed by atoms with van der Waals surface area (Å²) in [4.78, 5) is 27.8. The van der Waals surface area contributed by atoms with Gasteiger partial charge in [0, 0.05) is 39.0 Å². The van der Waals surface area contributed by atoms with E-state index in [0.717, 1.165) is 0 Å². The van der Waals surface area contributed by atoms with Gasteiger partial charge in [0.05, 0.1) is 6.04 Å². The average molecular weight is 323 g/mol. The van der Waals surface area contributed by atoms with Gasteiger partial charge in [-0.05, 0) is 25.1 Å². The molecular weight excluding hydrogens is 301 g/mol. The van der Waals surface area contributed by atoms with E-state index in [1.807, 2.05) is 4.90 Å². The van der Waals surface area contributed by atoms with Crippen LogP contribution in [0.15, 0.2) is 24.3 Å². The van der Waals surface area contributed by atoms with E-state index in [9.17, 15) is 14.0 Å². The molecule has 0 aliphatic carbocycles. The Bertz CT molecular complexity index is 559. The van der Waals surface area contributed by atoms with Crippen LogP contribution >= 0.6 is 0 Å². The first-order valence-electron chi connectivity index (χ1n) is 7.58. The standard InChI is InChI=1S/C16H22FN3O3/c1-12(16(22)18-14-5-3-4-13(17)10-14)19-6-8-20(9-7-19)15(21)11-23-2/h3-5,10,12H,6-9,11H2,1-2H3,(H,18,22). The molecule has 6 nitrogen and oxygen atoms in total. The smallest absolute Gasteiger partial charge is 0.248 e. The molecule has 1 heterocycles. The zero-order chi connectivity index (χ0) is 16.8. The van der Waals surface area contributed by atoms with Crippen molar-refractivity contribution < 1.29 is 18.7 Å². The maximum atomic E-state index is 13.1. The van der Waals surface area contributed by atoms with Crippen molar-refractivity contribution >= 4 is 17.5 Å². The van der Waals surface area contributed by atoms with Crippen LogP contribution in [0.1, 0.15) is 6.92 Å². The molecule has 1 aromatic carbocycles. The van der Waals surface area contributed by atoms with E-state index in [4.69, 9.17) is 4.74 Å². The zero-order valence-electron chi connectivity index (χ0n) is 13.4. The Labute approximate surface area is 135 Å². The molecule has 1 unspecified atom stereocenters. The van der Waals surface area contributed by atoms with Gasteiger partial charge in [0.2, 0.25) is 11.8 Å². The Hall–Kier alpha value is -1.99. The Morgan fingerprint density at radius 2 is 2.00 bits per heavy atom. The first-order valence-corrected chi connectivity index (χ1v) is 7.58. The van der Waals surface area contributed by atoms with Gasteiger partial charge in [-0.3, -0.25) is 14.5 Å². The summed E-state index contributed by atoms with van der Waals surface area (Å²) in [5.41, 5.74) is 0.441. The number of carbonyl (C=O) groups excluding carboxylic acids is 2. The first-order chi connectivity index (χ1) is 11.0. The first kappa shape index (κ1) is 17.4. The Kier molecular flexibility index (Phi) is 6.06. The molecule has 7 heteroatoms. The van der Waals surface area contributed by atoms with Crippen LogP contribution in [0, 0.1) is 5.82 Å². The highest BCUT2D eigenvalue weighted by Gasteiger charge is 2.27. The summed E-state index contributed by atoms with van der Waals surface area (Å²) >= 11 is 0. The molecule has 1 N–H and O–H groups in total. The average Bonchev–Trinajstić information content (AvgIpc) is 2.54. The van der Waals surface area contributed by atoms with Crippen LogP contribution in [0.25, 0.3) is 0 Å². The van der Waals surface area contributed by atoms with Gasteiger partial charge in [-0.2, -0.15) is 0 Å². The second-order valence-corrected chi connectivity index (χ2v) is 5.53. The number of hydrogen-bond acceptors (Lipinski definition) is 4. The largest absolute Gasteiger partial charge is 0.375 e. The Morgan fingerprint density at radius 1 is 1.30 bits per heavy atom. The number of nitrogens with one attached hydrogen (secondary N) is 1. The summed E-state index contributed by atoms with van der Waals surface area (Å²) in [6.45, 7) is 4.26. The molecule has 0 spiro atoms. The van der Waals surface area contributed by atoms with E-state index in [2.05, 4.69) is 5.32 Å². The summed E-state index contributed by atoms with van der Waals surface area (Å²) in [6, 6.07) is 5.46. The van der Waals surface area contributed by atoms with Gasteiger partial charge in [-0.25, -0.2) is 4.39 Å². The van der Waals surface area contributed by atoms with Crippen molar-refractivity contribution in [1.82, 2.24) is 9.80 Å². The number of halogens is 1. The van der Waals surface area contributed by atoms with Crippen molar-refractivity contribution in [3.63, 3.8) is 0 Å². The van der Waals surface area contributed by atoms with Crippen molar-refractivity contribution in [3.05, 3.63) is 30.1 Å². The van der Waals surface area contributed by atoms with E-state index >= 15 is 0 Å². The normalized spacial score (nSPS) is 16.9. The maximum absolute atomic E-state index is 13.1. The minimum atomic E-state index is -0.388. The van der Waals surface area contributed by atoms with Gasteiger partial charge in [0.1, 0.15) is 12.4 Å². The van der Waals surface area contributed by atoms with E-state index in [0.29, 0.717) is 31.9 Å². The summed E-state index contributed by atoms with van der Waals surface area (Å²) in [5.74, 6) is -0.614. The predicted molar refractivity (Wildman–Crippen MR) is 84.5 cm³/mol. The molecule has 1 aromatic rings. The lowest BCUT2D eigenvalue weighted by atomic mass is 10.2. The van der Waals surface area contributed by atoms with Crippen LogP contribution in [0.3, 0.4) is 0 Å². The fraction of sp³-hybridized carbons (Fsp3) is 0.500. The van der Waals surface area contributed by atoms with Gasteiger partial charge in [-0.15, -0.1) is 0 Å². The molecule has 1 fully saturated rings. The van der Waals surface area contributed by atoms with E-state index in [-0.39, 0.29) is 30.3 Å². The third-order valence-electron chi connectivity index (χ3n) is 3.95. The Balaban J connectivity index is 1.85. The number of carbonyl (C=O) groups is 2. The lowest BCUT2D eigenvalue weighted by Gasteiger charge is -2.37. The van der Waals surface area contributed by atoms with E-state index < -0.39 is 0 Å². The third-order valence-corrected chi connectivity index (χ3v) is 3.95. The molecule has 1 saturated heterocycles. The number of nitrogens with zero attached hydrogens (tertiary/aromatic N) is 2. The number of amides is 2. The molecule has 1 aliphatic rings. The van der Waals surface area contributed by atoms with Crippen LogP contribution in [-0.4, -0.2) is 67.6 Å². The highest BCUT2D eigenvalue weighted by Crippen LogP contribution is 2.12. The second kappa shape index (κ2) is 8.03. The minimum Gasteiger partial charge on any atom is -0.375 e. The summed E-state index contributed by atoms with van der Waals surface area (Å²) < 4.78 is 18.0. The lowest BCUT2D eigenvalue weighted by molar-refractivity contribution is -0.137. The molecule has 1 aliphatic heterocycles. The second-order valence-electron chi connectivity index (χ2n) is 5.53. The fourth-order valence-electron chi connectivity index (χ4n) is 2.55. The molecule has 2 rings (SSSR count). The van der Waals surface area contributed by atoms with Crippen LogP contribution in [-0.2, 0) is 14.3 Å². The quantitative estimate of drug-likeness (QED) is 0.876. The number of piperazine rings is 1. The van der Waals surface area contributed by atoms with Crippen LogP contribution in [0.5, 0.6) is 0 Å². The molecule has 23 heavy (non-hydrogen) atoms. The lowest BCUT2D eigenvalue weighted by Crippen LogP contribution is -2.54. The van der Waals surface area contributed by atoms with Gasteiger partial charge < -0.3 is 15.0 Å². The zero-order valence-corrected chi connectivity index (χ0v) is 13.4. The molecule has 0 saturated carbocycles. The molecule has 0 bridgehead atoms. The van der Waals surface area contributed by atoms with Crippen LogP contribution < -0.4 is 5.32 Å². The predicted octanol–water partition coefficient (Wildman–Crippen LogP) is 0.943. The summed E-state index contributed by atoms with van der Waals surface area (Å²) in [7, 11) is 1.49. The Morgan fingerprint density at radius 3 is 2.61 bits per heavy atom. The number of hydrogen-bond donors (Lipinski definition) is 1. The van der Waals surface area contributed by atoms with Crippen LogP contribution in [0.2, 0.25) is 0 Å². The van der Waals surface area contributed by atoms with Crippen molar-refractivity contribution in [1.29, 1.82) is 0 Å². The van der Waals surface area contributed by atoms with Gasteiger partial charge >= 0.3 is 0 Å². The van der Waals surface area contributed by atoms with E-state index in [1.54, 1.807) is 24.0 Å². The topological polar surface area (TPSA) is 61.9 Å². The third kappa shape index (κ3) is 4.74. The fourth-order valence-corrected chi connectivity index (χ4v) is 2.55. The van der Waals surface area contributed by atoms with Crippen molar-refractivity contribution in [2.45, 2.75) is 13.0 Å². The number of rotatable bonds is 5. The molecular formula is C16H22FN3O3. The van der Waals surface area contributed by atoms with E-state index in [1.165, 1.54) is 19.2 Å². The number of benzene rings is 1. The highest BCUT2D eigenvalue weighted by molar-refractivity contribution is 5.94. The molecule has 0 aromatic heterocycles. The monoisotopic (exact) mass is 323 g/mol.